The van der Waals surface area contributed by atoms with Crippen LogP contribution in [0.4, 0.5) is 11.4 Å². The van der Waals surface area contributed by atoms with Gasteiger partial charge in [-0.3, -0.25) is 19.5 Å². The van der Waals surface area contributed by atoms with Crippen LogP contribution < -0.4 is 15.8 Å². The Labute approximate surface area is 172 Å². The van der Waals surface area contributed by atoms with E-state index in [4.69, 9.17) is 9.15 Å². The highest BCUT2D eigenvalue weighted by molar-refractivity contribution is 5.91. The van der Waals surface area contributed by atoms with Crippen molar-refractivity contribution in [3.63, 3.8) is 0 Å². The number of amides is 1. The number of benzene rings is 2. The highest BCUT2D eigenvalue weighted by Gasteiger charge is 2.14. The van der Waals surface area contributed by atoms with Gasteiger partial charge in [0.15, 0.2) is 5.58 Å². The van der Waals surface area contributed by atoms with Crippen molar-refractivity contribution in [2.45, 2.75) is 39.7 Å². The monoisotopic (exact) mass is 413 g/mol. The Kier molecular flexibility index (Phi) is 6.51. The topological polar surface area (TPSA) is 117 Å². The van der Waals surface area contributed by atoms with Crippen molar-refractivity contribution in [2.24, 2.45) is 0 Å². The maximum atomic E-state index is 12.3. The first kappa shape index (κ1) is 21.1. The number of carbonyl (C=O) groups excluding carboxylic acids is 1. The summed E-state index contributed by atoms with van der Waals surface area (Å²) in [6.45, 7) is 4.83. The van der Waals surface area contributed by atoms with Crippen molar-refractivity contribution >= 4 is 28.4 Å². The van der Waals surface area contributed by atoms with Gasteiger partial charge in [-0.2, -0.15) is 0 Å². The molecule has 0 atom stereocenters. The molecule has 0 radical (unpaired) electrons. The third kappa shape index (κ3) is 4.86. The van der Waals surface area contributed by atoms with Gasteiger partial charge in [-0.05, 0) is 49.6 Å². The van der Waals surface area contributed by atoms with E-state index in [0.29, 0.717) is 24.2 Å². The lowest BCUT2D eigenvalue weighted by atomic mass is 10.2. The molecule has 2 aromatic carbocycles. The number of nitrogens with zero attached hydrogens (tertiary/aromatic N) is 2. The van der Waals surface area contributed by atoms with Crippen LogP contribution in [0.15, 0.2) is 45.6 Å². The number of non-ortho nitro benzene ring substituents is 1. The predicted octanol–water partition coefficient (Wildman–Crippen LogP) is 4.02. The molecule has 0 fully saturated rings. The summed E-state index contributed by atoms with van der Waals surface area (Å²) in [7, 11) is 0. The van der Waals surface area contributed by atoms with Gasteiger partial charge in [-0.15, -0.1) is 0 Å². The second kappa shape index (κ2) is 9.25. The summed E-state index contributed by atoms with van der Waals surface area (Å²) in [5.74, 6) is -0.0139. The number of fused-ring (bicyclic) bond motifs is 1. The molecule has 0 aliphatic carbocycles. The van der Waals surface area contributed by atoms with E-state index < -0.39 is 10.7 Å². The van der Waals surface area contributed by atoms with E-state index >= 15 is 0 Å². The second-order valence-electron chi connectivity index (χ2n) is 6.91. The number of oxazole rings is 1. The van der Waals surface area contributed by atoms with Crippen LogP contribution >= 0.6 is 0 Å². The van der Waals surface area contributed by atoms with Gasteiger partial charge >= 0.3 is 5.76 Å². The lowest BCUT2D eigenvalue weighted by Gasteiger charge is -2.11. The minimum absolute atomic E-state index is 0.149. The average molecular weight is 413 g/mol. The molecule has 0 spiro atoms. The summed E-state index contributed by atoms with van der Waals surface area (Å²) < 4.78 is 12.0. The van der Waals surface area contributed by atoms with Gasteiger partial charge in [0.05, 0.1) is 23.1 Å². The molecule has 30 heavy (non-hydrogen) atoms. The number of ether oxygens (including phenoxy) is 1. The minimum Gasteiger partial charge on any atom is -0.494 e. The molecular weight excluding hydrogens is 390 g/mol. The maximum absolute atomic E-state index is 12.3. The third-order valence-electron chi connectivity index (χ3n) is 4.59. The van der Waals surface area contributed by atoms with Crippen molar-refractivity contribution in [1.82, 2.24) is 4.57 Å². The van der Waals surface area contributed by atoms with E-state index in [9.17, 15) is 19.7 Å². The summed E-state index contributed by atoms with van der Waals surface area (Å²) in [6, 6.07) is 9.51. The largest absolute Gasteiger partial charge is 0.494 e. The first-order valence-corrected chi connectivity index (χ1v) is 9.70. The molecule has 158 valence electrons. The van der Waals surface area contributed by atoms with Crippen LogP contribution in [0.25, 0.3) is 11.1 Å². The fourth-order valence-electron chi connectivity index (χ4n) is 3.08. The number of aromatic nitrogens is 1. The van der Waals surface area contributed by atoms with Crippen LogP contribution in [-0.4, -0.2) is 22.0 Å². The van der Waals surface area contributed by atoms with Crippen molar-refractivity contribution < 1.29 is 18.9 Å². The fraction of sp³-hybridized carbons (Fsp3) is 0.333. The number of aryl methyl sites for hydroxylation is 2. The molecule has 9 nitrogen and oxygen atoms in total. The molecule has 0 saturated carbocycles. The Morgan fingerprint density at radius 3 is 2.77 bits per heavy atom. The van der Waals surface area contributed by atoms with Gasteiger partial charge < -0.3 is 14.5 Å². The number of nitro groups is 1. The zero-order valence-electron chi connectivity index (χ0n) is 16.8. The standard InChI is InChI=1S/C21H23N3O6/c1-3-11-29-16-7-8-17(14(2)12-16)22-20(25)5-4-10-23-18-9-6-15(24(27)28)13-19(18)30-21(23)26/h6-9,12-13H,3-5,10-11H2,1-2H3,(H,22,25). The molecule has 0 bridgehead atoms. The lowest BCUT2D eigenvalue weighted by Crippen LogP contribution is -2.17. The number of carbonyl (C=O) groups is 1. The van der Waals surface area contributed by atoms with Crippen LogP contribution in [0.5, 0.6) is 5.75 Å². The summed E-state index contributed by atoms with van der Waals surface area (Å²) in [5, 5.41) is 13.7. The van der Waals surface area contributed by atoms with Crippen LogP contribution in [-0.2, 0) is 11.3 Å². The molecule has 1 N–H and O–H groups in total. The Morgan fingerprint density at radius 1 is 1.27 bits per heavy atom. The molecule has 0 aliphatic heterocycles. The Hall–Kier alpha value is -3.62. The quantitative estimate of drug-likeness (QED) is 0.418. The van der Waals surface area contributed by atoms with Gasteiger partial charge in [0.1, 0.15) is 5.75 Å². The SMILES string of the molecule is CCCOc1ccc(NC(=O)CCCn2c(=O)oc3cc([N+](=O)[O-])ccc32)c(C)c1. The Morgan fingerprint density at radius 2 is 2.07 bits per heavy atom. The Bertz CT molecular complexity index is 1130. The van der Waals surface area contributed by atoms with E-state index in [1.807, 2.05) is 26.0 Å². The zero-order valence-corrected chi connectivity index (χ0v) is 16.8. The Balaban J connectivity index is 1.59. The molecule has 0 aliphatic rings. The van der Waals surface area contributed by atoms with Crippen LogP contribution in [0.1, 0.15) is 31.7 Å². The van der Waals surface area contributed by atoms with Crippen molar-refractivity contribution in [2.75, 3.05) is 11.9 Å². The van der Waals surface area contributed by atoms with Crippen molar-refractivity contribution in [3.8, 4) is 5.75 Å². The number of anilines is 1. The summed E-state index contributed by atoms with van der Waals surface area (Å²) in [4.78, 5) is 34.6. The maximum Gasteiger partial charge on any atom is 0.419 e. The highest BCUT2D eigenvalue weighted by Crippen LogP contribution is 2.22. The zero-order chi connectivity index (χ0) is 21.7. The van der Waals surface area contributed by atoms with E-state index in [-0.39, 0.29) is 30.1 Å². The summed E-state index contributed by atoms with van der Waals surface area (Å²) in [5.41, 5.74) is 2.08. The van der Waals surface area contributed by atoms with Crippen LogP contribution in [0.2, 0.25) is 0 Å². The predicted molar refractivity (Wildman–Crippen MR) is 112 cm³/mol. The molecule has 1 amide bonds. The second-order valence-corrected chi connectivity index (χ2v) is 6.91. The number of hydrogen-bond donors (Lipinski definition) is 1. The molecular formula is C21H23N3O6. The molecule has 1 aromatic heterocycles. The van der Waals surface area contributed by atoms with E-state index in [0.717, 1.165) is 17.7 Å². The summed E-state index contributed by atoms with van der Waals surface area (Å²) >= 11 is 0. The first-order valence-electron chi connectivity index (χ1n) is 9.70. The van der Waals surface area contributed by atoms with Gasteiger partial charge in [0.2, 0.25) is 5.91 Å². The average Bonchev–Trinajstić information content (AvgIpc) is 3.02. The first-order chi connectivity index (χ1) is 14.4. The van der Waals surface area contributed by atoms with Crippen LogP contribution in [0, 0.1) is 17.0 Å². The fourth-order valence-corrected chi connectivity index (χ4v) is 3.08. The number of rotatable bonds is 9. The van der Waals surface area contributed by atoms with Gasteiger partial charge in [0, 0.05) is 24.7 Å². The van der Waals surface area contributed by atoms with Gasteiger partial charge in [0.25, 0.3) is 5.69 Å². The van der Waals surface area contributed by atoms with Gasteiger partial charge in [-0.1, -0.05) is 6.92 Å². The number of nitro benzene ring substituents is 1. The third-order valence-corrected chi connectivity index (χ3v) is 4.59. The van der Waals surface area contributed by atoms with Crippen molar-refractivity contribution in [3.05, 3.63) is 62.6 Å². The smallest absolute Gasteiger partial charge is 0.419 e. The van der Waals surface area contributed by atoms with E-state index in [1.165, 1.54) is 22.8 Å². The molecule has 0 unspecified atom stereocenters. The molecule has 9 heteroatoms. The summed E-state index contributed by atoms with van der Waals surface area (Å²) in [6.07, 6.45) is 1.54. The molecule has 0 saturated heterocycles. The number of nitrogens with one attached hydrogen (secondary N) is 1. The molecule has 1 heterocycles. The normalized spacial score (nSPS) is 10.9. The van der Waals surface area contributed by atoms with Crippen LogP contribution in [0.3, 0.4) is 0 Å². The van der Waals surface area contributed by atoms with Crippen molar-refractivity contribution in [1.29, 1.82) is 0 Å². The highest BCUT2D eigenvalue weighted by atomic mass is 16.6. The number of hydrogen-bond acceptors (Lipinski definition) is 6. The van der Waals surface area contributed by atoms with E-state index in [1.54, 1.807) is 6.07 Å². The molecule has 3 aromatic rings. The minimum atomic E-state index is -0.607. The van der Waals surface area contributed by atoms with E-state index in [2.05, 4.69) is 5.32 Å². The van der Waals surface area contributed by atoms with Gasteiger partial charge in [-0.25, -0.2) is 4.79 Å². The lowest BCUT2D eigenvalue weighted by molar-refractivity contribution is -0.384. The molecule has 3 rings (SSSR count).